The lowest BCUT2D eigenvalue weighted by Crippen LogP contribution is -2.63. The first kappa shape index (κ1) is 24.1. The summed E-state index contributed by atoms with van der Waals surface area (Å²) in [5, 5.41) is 3.37. The van der Waals surface area contributed by atoms with Gasteiger partial charge in [-0.05, 0) is 43.0 Å². The van der Waals surface area contributed by atoms with Crippen molar-refractivity contribution in [3.05, 3.63) is 71.3 Å². The Morgan fingerprint density at radius 1 is 1.00 bits per heavy atom. The molecule has 3 aliphatic rings. The van der Waals surface area contributed by atoms with Crippen LogP contribution in [0.15, 0.2) is 54.6 Å². The Labute approximate surface area is 198 Å². The molecule has 0 saturated carbocycles. The van der Waals surface area contributed by atoms with Gasteiger partial charge < -0.3 is 10.2 Å². The summed E-state index contributed by atoms with van der Waals surface area (Å²) in [4.78, 5) is 18.3. The predicted molar refractivity (Wildman–Crippen MR) is 130 cm³/mol. The van der Waals surface area contributed by atoms with Gasteiger partial charge in [0.25, 0.3) is 0 Å². The molecule has 0 aromatic heterocycles. The highest BCUT2D eigenvalue weighted by molar-refractivity contribution is 5.86. The number of halogens is 2. The highest BCUT2D eigenvalue weighted by Crippen LogP contribution is 2.46. The molecule has 1 N–H and O–H groups in total. The lowest BCUT2D eigenvalue weighted by molar-refractivity contribution is -0.144. The van der Waals surface area contributed by atoms with Gasteiger partial charge in [0.05, 0.1) is 5.41 Å². The van der Waals surface area contributed by atoms with Crippen LogP contribution in [0.4, 0.5) is 0 Å². The quantitative estimate of drug-likeness (QED) is 0.752. The summed E-state index contributed by atoms with van der Waals surface area (Å²) in [6.45, 7) is 6.69. The van der Waals surface area contributed by atoms with Gasteiger partial charge in [0.2, 0.25) is 5.91 Å². The fraction of sp³-hybridized carbons (Fsp3) is 0.480. The van der Waals surface area contributed by atoms with Crippen LogP contribution in [0.1, 0.15) is 22.7 Å². The fourth-order valence-corrected chi connectivity index (χ4v) is 5.91. The number of carbonyl (C=O) groups is 1. The van der Waals surface area contributed by atoms with Gasteiger partial charge in [0, 0.05) is 44.7 Å². The van der Waals surface area contributed by atoms with Crippen molar-refractivity contribution in [3.63, 3.8) is 0 Å². The molecule has 0 unspecified atom stereocenters. The van der Waals surface area contributed by atoms with Crippen LogP contribution in [0.2, 0.25) is 0 Å². The maximum atomic E-state index is 13.6. The van der Waals surface area contributed by atoms with Crippen molar-refractivity contribution in [1.29, 1.82) is 0 Å². The molecular weight excluding hydrogens is 429 g/mol. The summed E-state index contributed by atoms with van der Waals surface area (Å²) in [6.07, 6.45) is 0.840. The van der Waals surface area contributed by atoms with Crippen molar-refractivity contribution in [2.45, 2.75) is 19.4 Å². The third kappa shape index (κ3) is 4.23. The standard InChI is InChI=1S/C25H31N3O.2ClH/c1-18-8-6-7-11-21(18)23-22-15-28(14-20(22)13-27(23)2)24(29)25(16-26-17-25)12-19-9-4-3-5-10-19;;/h3-11,20,22-23,26H,12-17H2,1-2H3;2*1H/t20-,22+,23-;;/m0../s1. The fourth-order valence-electron chi connectivity index (χ4n) is 5.91. The second-order valence-corrected chi connectivity index (χ2v) is 9.42. The third-order valence-corrected chi connectivity index (χ3v) is 7.45. The molecule has 3 atom stereocenters. The van der Waals surface area contributed by atoms with E-state index in [0.29, 0.717) is 23.8 Å². The van der Waals surface area contributed by atoms with Gasteiger partial charge in [-0.2, -0.15) is 0 Å². The van der Waals surface area contributed by atoms with E-state index in [1.54, 1.807) is 0 Å². The molecule has 168 valence electrons. The van der Waals surface area contributed by atoms with Crippen molar-refractivity contribution >= 4 is 30.7 Å². The Bertz CT molecular complexity index is 903. The van der Waals surface area contributed by atoms with Gasteiger partial charge in [-0.3, -0.25) is 9.69 Å². The highest BCUT2D eigenvalue weighted by Gasteiger charge is 2.52. The van der Waals surface area contributed by atoms with Gasteiger partial charge in [-0.25, -0.2) is 0 Å². The van der Waals surface area contributed by atoms with Gasteiger partial charge in [-0.15, -0.1) is 24.8 Å². The summed E-state index contributed by atoms with van der Waals surface area (Å²) < 4.78 is 0. The minimum atomic E-state index is -0.260. The summed E-state index contributed by atoms with van der Waals surface area (Å²) >= 11 is 0. The van der Waals surface area contributed by atoms with E-state index in [9.17, 15) is 4.79 Å². The SMILES string of the molecule is Cc1ccccc1[C@H]1[C@@H]2CN(C(=O)C3(Cc4ccccc4)CNC3)C[C@@H]2CN1C.Cl.Cl. The second kappa shape index (κ2) is 9.50. The van der Waals surface area contributed by atoms with Crippen molar-refractivity contribution in [2.75, 3.05) is 39.8 Å². The van der Waals surface area contributed by atoms with Crippen LogP contribution in [0, 0.1) is 24.2 Å². The molecule has 3 saturated heterocycles. The molecule has 0 radical (unpaired) electrons. The van der Waals surface area contributed by atoms with Crippen LogP contribution < -0.4 is 5.32 Å². The van der Waals surface area contributed by atoms with E-state index < -0.39 is 0 Å². The van der Waals surface area contributed by atoms with Crippen molar-refractivity contribution in [1.82, 2.24) is 15.1 Å². The van der Waals surface area contributed by atoms with E-state index in [0.717, 1.165) is 39.1 Å². The molecule has 31 heavy (non-hydrogen) atoms. The van der Waals surface area contributed by atoms with Crippen LogP contribution in [0.25, 0.3) is 0 Å². The zero-order chi connectivity index (χ0) is 20.0. The number of rotatable bonds is 4. The number of hydrogen-bond donors (Lipinski definition) is 1. The molecule has 3 aliphatic heterocycles. The molecule has 2 aromatic carbocycles. The van der Waals surface area contributed by atoms with E-state index in [-0.39, 0.29) is 30.2 Å². The number of benzene rings is 2. The number of nitrogens with zero attached hydrogens (tertiary/aromatic N) is 2. The molecule has 6 heteroatoms. The second-order valence-electron chi connectivity index (χ2n) is 9.42. The van der Waals surface area contributed by atoms with E-state index in [1.165, 1.54) is 16.7 Å². The van der Waals surface area contributed by atoms with Crippen molar-refractivity contribution in [2.24, 2.45) is 17.3 Å². The first-order chi connectivity index (χ1) is 14.1. The topological polar surface area (TPSA) is 35.6 Å². The van der Waals surface area contributed by atoms with Crippen molar-refractivity contribution in [3.8, 4) is 0 Å². The van der Waals surface area contributed by atoms with Crippen LogP contribution in [0.5, 0.6) is 0 Å². The van der Waals surface area contributed by atoms with E-state index in [1.807, 2.05) is 6.07 Å². The molecule has 1 amide bonds. The molecule has 0 aliphatic carbocycles. The molecule has 0 spiro atoms. The van der Waals surface area contributed by atoms with E-state index >= 15 is 0 Å². The summed E-state index contributed by atoms with van der Waals surface area (Å²) in [5.41, 5.74) is 3.79. The molecule has 3 heterocycles. The van der Waals surface area contributed by atoms with Crippen LogP contribution >= 0.6 is 24.8 Å². The average Bonchev–Trinajstić information content (AvgIpc) is 3.22. The molecular formula is C25H33Cl2N3O. The Morgan fingerprint density at radius 2 is 1.68 bits per heavy atom. The Morgan fingerprint density at radius 3 is 2.32 bits per heavy atom. The number of amides is 1. The Kier molecular flexibility index (Phi) is 7.37. The largest absolute Gasteiger partial charge is 0.341 e. The van der Waals surface area contributed by atoms with E-state index in [2.05, 4.69) is 77.6 Å². The Hall–Kier alpha value is -1.59. The van der Waals surface area contributed by atoms with Gasteiger partial charge >= 0.3 is 0 Å². The summed E-state index contributed by atoms with van der Waals surface area (Å²) in [6, 6.07) is 19.7. The zero-order valence-electron chi connectivity index (χ0n) is 18.3. The van der Waals surface area contributed by atoms with Gasteiger partial charge in [0.15, 0.2) is 0 Å². The van der Waals surface area contributed by atoms with Gasteiger partial charge in [0.1, 0.15) is 0 Å². The lowest BCUT2D eigenvalue weighted by Gasteiger charge is -2.44. The number of aryl methyl sites for hydroxylation is 1. The summed E-state index contributed by atoms with van der Waals surface area (Å²) in [7, 11) is 2.24. The first-order valence-corrected chi connectivity index (χ1v) is 10.9. The smallest absolute Gasteiger partial charge is 0.231 e. The first-order valence-electron chi connectivity index (χ1n) is 10.9. The number of hydrogen-bond acceptors (Lipinski definition) is 3. The third-order valence-electron chi connectivity index (χ3n) is 7.45. The maximum absolute atomic E-state index is 13.6. The number of likely N-dealkylation sites (tertiary alicyclic amines) is 2. The maximum Gasteiger partial charge on any atom is 0.231 e. The van der Waals surface area contributed by atoms with Crippen LogP contribution in [-0.2, 0) is 11.2 Å². The minimum Gasteiger partial charge on any atom is -0.341 e. The van der Waals surface area contributed by atoms with Gasteiger partial charge in [-0.1, -0.05) is 54.6 Å². The highest BCUT2D eigenvalue weighted by atomic mass is 35.5. The normalized spacial score (nSPS) is 26.4. The number of carbonyl (C=O) groups excluding carboxylic acids is 1. The predicted octanol–water partition coefficient (Wildman–Crippen LogP) is 3.73. The molecule has 3 fully saturated rings. The van der Waals surface area contributed by atoms with Crippen LogP contribution in [-0.4, -0.2) is 55.5 Å². The zero-order valence-corrected chi connectivity index (χ0v) is 19.9. The summed E-state index contributed by atoms with van der Waals surface area (Å²) in [5.74, 6) is 1.47. The monoisotopic (exact) mass is 461 g/mol. The Balaban J connectivity index is 0.00000136. The van der Waals surface area contributed by atoms with Crippen molar-refractivity contribution < 1.29 is 4.79 Å². The molecule has 2 aromatic rings. The number of fused-ring (bicyclic) bond motifs is 1. The molecule has 4 nitrogen and oxygen atoms in total. The van der Waals surface area contributed by atoms with E-state index in [4.69, 9.17) is 0 Å². The average molecular weight is 462 g/mol. The molecule has 0 bridgehead atoms. The minimum absolute atomic E-state index is 0. The van der Waals surface area contributed by atoms with Crippen LogP contribution in [0.3, 0.4) is 0 Å². The molecule has 5 rings (SSSR count). The number of nitrogens with one attached hydrogen (secondary N) is 1. The lowest BCUT2D eigenvalue weighted by atomic mass is 9.75.